The van der Waals surface area contributed by atoms with Crippen LogP contribution >= 0.6 is 0 Å². The minimum atomic E-state index is -0.0286. The Morgan fingerprint density at radius 3 is 2.45 bits per heavy atom. The maximum absolute atomic E-state index is 12.5. The Kier molecular flexibility index (Phi) is 6.20. The van der Waals surface area contributed by atoms with Gasteiger partial charge in [0.1, 0.15) is 0 Å². The van der Waals surface area contributed by atoms with E-state index >= 15 is 0 Å². The first-order valence-electron chi connectivity index (χ1n) is 8.17. The van der Waals surface area contributed by atoms with Crippen molar-refractivity contribution in [3.8, 4) is 0 Å². The van der Waals surface area contributed by atoms with E-state index in [9.17, 15) is 4.79 Å². The molecule has 0 saturated carbocycles. The number of nitrogens with one attached hydrogen (secondary N) is 1. The summed E-state index contributed by atoms with van der Waals surface area (Å²) in [4.78, 5) is 12.5. The van der Waals surface area contributed by atoms with Crippen molar-refractivity contribution in [2.45, 2.75) is 46.0 Å². The van der Waals surface area contributed by atoms with Crippen molar-refractivity contribution in [3.63, 3.8) is 0 Å². The van der Waals surface area contributed by atoms with E-state index in [1.165, 1.54) is 31.2 Å². The summed E-state index contributed by atoms with van der Waals surface area (Å²) in [5.74, 6) is -0.0286. The third-order valence-corrected chi connectivity index (χ3v) is 3.95. The number of hydrogen-bond acceptors (Lipinski definition) is 1. The van der Waals surface area contributed by atoms with Crippen molar-refractivity contribution in [3.05, 3.63) is 65.2 Å². The van der Waals surface area contributed by atoms with Gasteiger partial charge in [0.05, 0.1) is 0 Å². The molecule has 0 heterocycles. The number of anilines is 1. The van der Waals surface area contributed by atoms with Gasteiger partial charge >= 0.3 is 0 Å². The molecule has 1 amide bonds. The van der Waals surface area contributed by atoms with Crippen LogP contribution in [0, 0.1) is 6.92 Å². The minimum absolute atomic E-state index is 0.0286. The lowest BCUT2D eigenvalue weighted by Crippen LogP contribution is -2.14. The summed E-state index contributed by atoms with van der Waals surface area (Å²) in [7, 11) is 0. The molecule has 2 aromatic rings. The van der Waals surface area contributed by atoms with E-state index in [0.29, 0.717) is 0 Å². The van der Waals surface area contributed by atoms with Gasteiger partial charge in [-0.1, -0.05) is 62.6 Å². The Morgan fingerprint density at radius 2 is 1.68 bits per heavy atom. The third kappa shape index (κ3) is 4.45. The first-order chi connectivity index (χ1) is 10.7. The van der Waals surface area contributed by atoms with Crippen LogP contribution in [0.15, 0.2) is 48.5 Å². The number of amides is 1. The third-order valence-electron chi connectivity index (χ3n) is 3.95. The second kappa shape index (κ2) is 8.38. The van der Waals surface area contributed by atoms with E-state index in [0.717, 1.165) is 23.2 Å². The highest BCUT2D eigenvalue weighted by atomic mass is 16.1. The molecule has 0 unspecified atom stereocenters. The highest BCUT2D eigenvalue weighted by Crippen LogP contribution is 2.20. The molecule has 2 aromatic carbocycles. The van der Waals surface area contributed by atoms with Crippen LogP contribution in [0.25, 0.3) is 0 Å². The van der Waals surface area contributed by atoms with Gasteiger partial charge < -0.3 is 5.32 Å². The van der Waals surface area contributed by atoms with E-state index in [1.54, 1.807) is 0 Å². The van der Waals surface area contributed by atoms with Crippen LogP contribution in [0.3, 0.4) is 0 Å². The van der Waals surface area contributed by atoms with Crippen molar-refractivity contribution >= 4 is 11.6 Å². The molecule has 0 spiro atoms. The van der Waals surface area contributed by atoms with Gasteiger partial charge in [0.25, 0.3) is 5.91 Å². The SMILES string of the molecule is CCCCCCc1ccccc1NC(=O)c1ccccc1C. The van der Waals surface area contributed by atoms with Crippen LogP contribution in [-0.2, 0) is 6.42 Å². The molecule has 2 heteroatoms. The van der Waals surface area contributed by atoms with Crippen molar-refractivity contribution in [2.24, 2.45) is 0 Å². The summed E-state index contributed by atoms with van der Waals surface area (Å²) in [5.41, 5.74) is 3.90. The molecule has 2 rings (SSSR count). The normalized spacial score (nSPS) is 10.5. The van der Waals surface area contributed by atoms with Crippen molar-refractivity contribution < 1.29 is 4.79 Å². The molecule has 2 nitrogen and oxygen atoms in total. The quantitative estimate of drug-likeness (QED) is 0.683. The molecule has 0 atom stereocenters. The molecule has 0 aromatic heterocycles. The fourth-order valence-electron chi connectivity index (χ4n) is 2.62. The standard InChI is InChI=1S/C20H25NO/c1-3-4-5-6-12-17-13-8-10-15-19(17)21-20(22)18-14-9-7-11-16(18)2/h7-11,13-15H,3-6,12H2,1-2H3,(H,21,22). The lowest BCUT2D eigenvalue weighted by Gasteiger charge is -2.12. The number of carbonyl (C=O) groups excluding carboxylic acids is 1. The van der Waals surface area contributed by atoms with Crippen LogP contribution in [0.5, 0.6) is 0 Å². The molecule has 0 fully saturated rings. The van der Waals surface area contributed by atoms with E-state index in [2.05, 4.69) is 18.3 Å². The molecule has 0 bridgehead atoms. The van der Waals surface area contributed by atoms with Crippen LogP contribution < -0.4 is 5.32 Å². The zero-order chi connectivity index (χ0) is 15.8. The zero-order valence-corrected chi connectivity index (χ0v) is 13.6. The number of aryl methyl sites for hydroxylation is 2. The minimum Gasteiger partial charge on any atom is -0.322 e. The first-order valence-corrected chi connectivity index (χ1v) is 8.17. The number of para-hydroxylation sites is 1. The van der Waals surface area contributed by atoms with Crippen LogP contribution in [-0.4, -0.2) is 5.91 Å². The monoisotopic (exact) mass is 295 g/mol. The number of unbranched alkanes of at least 4 members (excludes halogenated alkanes) is 3. The van der Waals surface area contributed by atoms with E-state index in [4.69, 9.17) is 0 Å². The van der Waals surface area contributed by atoms with Gasteiger partial charge in [-0.05, 0) is 43.0 Å². The summed E-state index contributed by atoms with van der Waals surface area (Å²) in [6.45, 7) is 4.18. The number of carbonyl (C=O) groups is 1. The summed E-state index contributed by atoms with van der Waals surface area (Å²) in [5, 5.41) is 3.07. The van der Waals surface area contributed by atoms with Crippen LogP contribution in [0.4, 0.5) is 5.69 Å². The molecule has 0 aliphatic rings. The number of hydrogen-bond donors (Lipinski definition) is 1. The van der Waals surface area contributed by atoms with E-state index < -0.39 is 0 Å². The second-order valence-electron chi connectivity index (χ2n) is 5.74. The Balaban J connectivity index is 2.06. The number of rotatable bonds is 7. The zero-order valence-electron chi connectivity index (χ0n) is 13.6. The Labute approximate surface area is 133 Å². The molecule has 22 heavy (non-hydrogen) atoms. The van der Waals surface area contributed by atoms with Crippen molar-refractivity contribution in [2.75, 3.05) is 5.32 Å². The predicted octanol–water partition coefficient (Wildman–Crippen LogP) is 5.37. The van der Waals surface area contributed by atoms with Gasteiger partial charge in [-0.25, -0.2) is 0 Å². The van der Waals surface area contributed by atoms with Gasteiger partial charge in [-0.15, -0.1) is 0 Å². The van der Waals surface area contributed by atoms with Gasteiger partial charge in [0.15, 0.2) is 0 Å². The Morgan fingerprint density at radius 1 is 0.955 bits per heavy atom. The van der Waals surface area contributed by atoms with E-state index in [-0.39, 0.29) is 5.91 Å². The largest absolute Gasteiger partial charge is 0.322 e. The topological polar surface area (TPSA) is 29.1 Å². The Hall–Kier alpha value is -2.09. The highest BCUT2D eigenvalue weighted by Gasteiger charge is 2.10. The maximum atomic E-state index is 12.5. The lowest BCUT2D eigenvalue weighted by atomic mass is 10.0. The molecular weight excluding hydrogens is 270 g/mol. The summed E-state index contributed by atoms with van der Waals surface area (Å²) >= 11 is 0. The van der Waals surface area contributed by atoms with Crippen molar-refractivity contribution in [1.82, 2.24) is 0 Å². The average Bonchev–Trinajstić information content (AvgIpc) is 2.53. The van der Waals surface area contributed by atoms with E-state index in [1.807, 2.05) is 49.4 Å². The predicted molar refractivity (Wildman–Crippen MR) is 93.4 cm³/mol. The molecule has 0 saturated heterocycles. The molecule has 0 radical (unpaired) electrons. The lowest BCUT2D eigenvalue weighted by molar-refractivity contribution is 0.102. The van der Waals surface area contributed by atoms with Gasteiger partial charge in [0.2, 0.25) is 0 Å². The summed E-state index contributed by atoms with van der Waals surface area (Å²) in [6.07, 6.45) is 5.95. The average molecular weight is 295 g/mol. The summed E-state index contributed by atoms with van der Waals surface area (Å²) in [6, 6.07) is 15.8. The maximum Gasteiger partial charge on any atom is 0.255 e. The van der Waals surface area contributed by atoms with Crippen LogP contribution in [0.1, 0.15) is 54.1 Å². The molecular formula is C20H25NO. The Bertz CT molecular complexity index is 619. The highest BCUT2D eigenvalue weighted by molar-refractivity contribution is 6.05. The van der Waals surface area contributed by atoms with Gasteiger partial charge in [-0.3, -0.25) is 4.79 Å². The fourth-order valence-corrected chi connectivity index (χ4v) is 2.62. The summed E-state index contributed by atoms with van der Waals surface area (Å²) < 4.78 is 0. The molecule has 0 aliphatic carbocycles. The smallest absolute Gasteiger partial charge is 0.255 e. The van der Waals surface area contributed by atoms with Crippen molar-refractivity contribution in [1.29, 1.82) is 0 Å². The van der Waals surface area contributed by atoms with Crippen LogP contribution in [0.2, 0.25) is 0 Å². The fraction of sp³-hybridized carbons (Fsp3) is 0.350. The van der Waals surface area contributed by atoms with Gasteiger partial charge in [0, 0.05) is 11.3 Å². The molecule has 0 aliphatic heterocycles. The molecule has 1 N–H and O–H groups in total. The molecule has 116 valence electrons. The first kappa shape index (κ1) is 16.3. The number of benzene rings is 2. The second-order valence-corrected chi connectivity index (χ2v) is 5.74. The van der Waals surface area contributed by atoms with Gasteiger partial charge in [-0.2, -0.15) is 0 Å².